The van der Waals surface area contributed by atoms with Gasteiger partial charge < -0.3 is 9.88 Å². The molecule has 2 N–H and O–H groups in total. The Morgan fingerprint density at radius 3 is 2.28 bits per heavy atom. The number of carbonyl (C=O) groups is 2. The van der Waals surface area contributed by atoms with Crippen LogP contribution in [0.25, 0.3) is 5.69 Å². The topological polar surface area (TPSA) is 99.3 Å². The molecule has 0 aliphatic carbocycles. The molecule has 1 heterocycles. The number of nitrogens with zero attached hydrogens (tertiary/aromatic N) is 3. The summed E-state index contributed by atoms with van der Waals surface area (Å²) in [4.78, 5) is 24.0. The van der Waals surface area contributed by atoms with E-state index in [1.807, 2.05) is 59.4 Å². The van der Waals surface area contributed by atoms with Crippen molar-refractivity contribution in [3.63, 3.8) is 0 Å². The van der Waals surface area contributed by atoms with E-state index in [4.69, 9.17) is 5.26 Å². The lowest BCUT2D eigenvalue weighted by Gasteiger charge is -2.07. The van der Waals surface area contributed by atoms with Crippen LogP contribution < -0.4 is 10.7 Å². The summed E-state index contributed by atoms with van der Waals surface area (Å²) in [7, 11) is 0. The quantitative estimate of drug-likeness (QED) is 0.401. The molecule has 3 aromatic rings. The second-order valence-corrected chi connectivity index (χ2v) is 6.26. The molecule has 7 nitrogen and oxygen atoms in total. The molecule has 0 aliphatic heterocycles. The van der Waals surface area contributed by atoms with E-state index >= 15 is 0 Å². The summed E-state index contributed by atoms with van der Waals surface area (Å²) in [6.07, 6.45) is 4.19. The van der Waals surface area contributed by atoms with E-state index in [-0.39, 0.29) is 6.42 Å². The van der Waals surface area contributed by atoms with Crippen molar-refractivity contribution in [1.29, 1.82) is 5.26 Å². The van der Waals surface area contributed by atoms with E-state index in [9.17, 15) is 9.59 Å². The van der Waals surface area contributed by atoms with E-state index in [1.54, 1.807) is 31.2 Å². The predicted molar refractivity (Wildman–Crippen MR) is 111 cm³/mol. The maximum atomic E-state index is 12.0. The monoisotopic (exact) mass is 385 g/mol. The van der Waals surface area contributed by atoms with E-state index in [0.717, 1.165) is 16.8 Å². The van der Waals surface area contributed by atoms with Crippen LogP contribution in [0.5, 0.6) is 0 Å². The number of nitrogens with one attached hydrogen (secondary N) is 2. The van der Waals surface area contributed by atoms with Crippen molar-refractivity contribution in [2.75, 3.05) is 5.32 Å². The summed E-state index contributed by atoms with van der Waals surface area (Å²) >= 11 is 0. The summed E-state index contributed by atoms with van der Waals surface area (Å²) in [6, 6.07) is 20.3. The van der Waals surface area contributed by atoms with Gasteiger partial charge in [-0.2, -0.15) is 10.4 Å². The van der Waals surface area contributed by atoms with Crippen LogP contribution in [-0.4, -0.2) is 22.1 Å². The molecule has 7 heteroatoms. The molecule has 0 atom stereocenters. The molecule has 0 radical (unpaired) electrons. The zero-order chi connectivity index (χ0) is 20.6. The molecule has 0 fully saturated rings. The summed E-state index contributed by atoms with van der Waals surface area (Å²) in [5.74, 6) is -1.69. The minimum atomic E-state index is -0.866. The second kappa shape index (κ2) is 9.15. The molecule has 3 rings (SSSR count). The van der Waals surface area contributed by atoms with Gasteiger partial charge in [0, 0.05) is 23.8 Å². The van der Waals surface area contributed by atoms with Crippen LogP contribution in [0.15, 0.2) is 78.2 Å². The van der Waals surface area contributed by atoms with Gasteiger partial charge in [-0.1, -0.05) is 24.3 Å². The van der Waals surface area contributed by atoms with Crippen molar-refractivity contribution in [1.82, 2.24) is 9.99 Å². The molecular weight excluding hydrogens is 366 g/mol. The van der Waals surface area contributed by atoms with Crippen LogP contribution in [0.4, 0.5) is 5.69 Å². The molecule has 2 amide bonds. The van der Waals surface area contributed by atoms with Gasteiger partial charge >= 0.3 is 11.8 Å². The first-order valence-corrected chi connectivity index (χ1v) is 8.92. The zero-order valence-electron chi connectivity index (χ0n) is 15.8. The van der Waals surface area contributed by atoms with Crippen LogP contribution in [-0.2, 0) is 16.0 Å². The average Bonchev–Trinajstić information content (AvgIpc) is 3.28. The Morgan fingerprint density at radius 1 is 1.00 bits per heavy atom. The number of aromatic nitrogens is 1. The van der Waals surface area contributed by atoms with Crippen molar-refractivity contribution in [3.8, 4) is 11.8 Å². The van der Waals surface area contributed by atoms with Crippen molar-refractivity contribution < 1.29 is 9.59 Å². The first kappa shape index (κ1) is 19.6. The average molecular weight is 385 g/mol. The van der Waals surface area contributed by atoms with Crippen molar-refractivity contribution in [2.24, 2.45) is 5.10 Å². The molecule has 0 saturated heterocycles. The molecule has 144 valence electrons. The minimum absolute atomic E-state index is 0.287. The lowest BCUT2D eigenvalue weighted by Crippen LogP contribution is -2.32. The number of nitriles is 1. The molecule has 0 aliphatic rings. The van der Waals surface area contributed by atoms with Crippen LogP contribution in [0.1, 0.15) is 18.1 Å². The highest BCUT2D eigenvalue weighted by molar-refractivity contribution is 6.39. The third-order valence-corrected chi connectivity index (χ3v) is 4.21. The standard InChI is InChI=1S/C22H19N5O2/c1-16(18-6-10-20(11-7-18)27-14-2-3-15-27)25-26-22(29)21(28)24-19-8-4-17(5-9-19)12-13-23/h2-11,14-15H,12H2,1H3,(H,24,28)(H,26,29)/b25-16+. The zero-order valence-corrected chi connectivity index (χ0v) is 15.8. The number of hydrogen-bond donors (Lipinski definition) is 2. The predicted octanol–water partition coefficient (Wildman–Crippen LogP) is 3.02. The van der Waals surface area contributed by atoms with Crippen LogP contribution in [0.2, 0.25) is 0 Å². The number of rotatable bonds is 5. The minimum Gasteiger partial charge on any atom is -0.324 e. The lowest BCUT2D eigenvalue weighted by molar-refractivity contribution is -0.136. The third-order valence-electron chi connectivity index (χ3n) is 4.21. The van der Waals surface area contributed by atoms with E-state index in [0.29, 0.717) is 11.4 Å². The number of carbonyl (C=O) groups excluding carboxylic acids is 2. The van der Waals surface area contributed by atoms with Gasteiger partial charge in [0.1, 0.15) is 0 Å². The molecule has 0 spiro atoms. The third kappa shape index (κ3) is 5.17. The Morgan fingerprint density at radius 2 is 1.66 bits per heavy atom. The second-order valence-electron chi connectivity index (χ2n) is 6.26. The van der Waals surface area contributed by atoms with Gasteiger partial charge in [0.05, 0.1) is 18.2 Å². The highest BCUT2D eigenvalue weighted by Gasteiger charge is 2.13. The molecule has 1 aromatic heterocycles. The van der Waals surface area contributed by atoms with Gasteiger partial charge in [-0.15, -0.1) is 0 Å². The molecule has 0 bridgehead atoms. The van der Waals surface area contributed by atoms with Gasteiger partial charge in [-0.25, -0.2) is 5.43 Å². The molecule has 29 heavy (non-hydrogen) atoms. The smallest absolute Gasteiger partial charge is 0.324 e. The summed E-state index contributed by atoms with van der Waals surface area (Å²) in [6.45, 7) is 1.75. The normalized spacial score (nSPS) is 10.8. The number of amides is 2. The van der Waals surface area contributed by atoms with Crippen LogP contribution >= 0.6 is 0 Å². The van der Waals surface area contributed by atoms with Gasteiger partial charge in [0.2, 0.25) is 0 Å². The van der Waals surface area contributed by atoms with Gasteiger partial charge in [0.25, 0.3) is 0 Å². The first-order chi connectivity index (χ1) is 14.1. The van der Waals surface area contributed by atoms with E-state index in [2.05, 4.69) is 15.8 Å². The van der Waals surface area contributed by atoms with Gasteiger partial charge in [-0.3, -0.25) is 9.59 Å². The van der Waals surface area contributed by atoms with Crippen molar-refractivity contribution in [3.05, 3.63) is 84.2 Å². The molecule has 0 saturated carbocycles. The van der Waals surface area contributed by atoms with Crippen LogP contribution in [0, 0.1) is 11.3 Å². The summed E-state index contributed by atoms with van der Waals surface area (Å²) in [5.41, 5.74) is 5.97. The molecule has 0 unspecified atom stereocenters. The van der Waals surface area contributed by atoms with E-state index < -0.39 is 11.8 Å². The Kier molecular flexibility index (Phi) is 6.18. The van der Waals surface area contributed by atoms with Crippen LogP contribution in [0.3, 0.4) is 0 Å². The first-order valence-electron chi connectivity index (χ1n) is 8.92. The fourth-order valence-corrected chi connectivity index (χ4v) is 2.62. The summed E-state index contributed by atoms with van der Waals surface area (Å²) in [5, 5.41) is 15.2. The summed E-state index contributed by atoms with van der Waals surface area (Å²) < 4.78 is 1.98. The Hall–Kier alpha value is -4.18. The maximum Gasteiger partial charge on any atom is 0.329 e. The number of anilines is 1. The molecule has 2 aromatic carbocycles. The largest absolute Gasteiger partial charge is 0.329 e. The fourth-order valence-electron chi connectivity index (χ4n) is 2.62. The highest BCUT2D eigenvalue weighted by atomic mass is 16.2. The van der Waals surface area contributed by atoms with Crippen molar-refractivity contribution in [2.45, 2.75) is 13.3 Å². The van der Waals surface area contributed by atoms with Crippen molar-refractivity contribution >= 4 is 23.2 Å². The Labute approximate surface area is 168 Å². The lowest BCUT2D eigenvalue weighted by atomic mass is 10.1. The van der Waals surface area contributed by atoms with E-state index in [1.165, 1.54) is 0 Å². The maximum absolute atomic E-state index is 12.0. The Balaban J connectivity index is 1.57. The SMILES string of the molecule is C/C(=N\NC(=O)C(=O)Nc1ccc(CC#N)cc1)c1ccc(-n2cccc2)cc1. The number of benzene rings is 2. The number of hydrazone groups is 1. The number of hydrogen-bond acceptors (Lipinski definition) is 4. The Bertz CT molecular complexity index is 1060. The van der Waals surface area contributed by atoms with Gasteiger partial charge in [0.15, 0.2) is 0 Å². The molecular formula is C22H19N5O2. The fraction of sp³-hybridized carbons (Fsp3) is 0.0909. The van der Waals surface area contributed by atoms with Gasteiger partial charge in [-0.05, 0) is 54.4 Å². The highest BCUT2D eigenvalue weighted by Crippen LogP contribution is 2.11.